The van der Waals surface area contributed by atoms with Crippen molar-refractivity contribution in [2.24, 2.45) is 4.99 Å². The van der Waals surface area contributed by atoms with Crippen molar-refractivity contribution in [3.05, 3.63) is 58.9 Å². The van der Waals surface area contributed by atoms with Crippen molar-refractivity contribution in [3.63, 3.8) is 0 Å². The zero-order valence-electron chi connectivity index (χ0n) is 17.7. The van der Waals surface area contributed by atoms with Crippen molar-refractivity contribution in [2.45, 2.75) is 31.2 Å². The Balaban J connectivity index is 1.75. The predicted octanol–water partition coefficient (Wildman–Crippen LogP) is 4.53. The summed E-state index contributed by atoms with van der Waals surface area (Å²) in [6, 6.07) is 15.5. The number of hydrogen-bond donors (Lipinski definition) is 0. The van der Waals surface area contributed by atoms with Crippen LogP contribution in [0.25, 0.3) is 10.2 Å². The molecule has 1 amide bonds. The van der Waals surface area contributed by atoms with E-state index in [4.69, 9.17) is 9.47 Å². The van der Waals surface area contributed by atoms with Gasteiger partial charge in [-0.1, -0.05) is 29.5 Å². The summed E-state index contributed by atoms with van der Waals surface area (Å²) < 4.78 is 13.2. The summed E-state index contributed by atoms with van der Waals surface area (Å²) in [7, 11) is 1.36. The third-order valence-electron chi connectivity index (χ3n) is 4.53. The first-order valence-electron chi connectivity index (χ1n) is 10.2. The number of hydrogen-bond acceptors (Lipinski definition) is 6. The van der Waals surface area contributed by atoms with E-state index >= 15 is 0 Å². The molecular formula is C23H26N2O4S2. The second kappa shape index (κ2) is 11.8. The normalized spacial score (nSPS) is 11.7. The van der Waals surface area contributed by atoms with Gasteiger partial charge in [0.15, 0.2) is 4.80 Å². The van der Waals surface area contributed by atoms with E-state index in [0.717, 1.165) is 22.4 Å². The monoisotopic (exact) mass is 458 g/mol. The zero-order valence-corrected chi connectivity index (χ0v) is 19.3. The van der Waals surface area contributed by atoms with Crippen molar-refractivity contribution in [1.82, 2.24) is 4.57 Å². The van der Waals surface area contributed by atoms with Crippen LogP contribution in [0.3, 0.4) is 0 Å². The number of nitrogens with zero attached hydrogens (tertiary/aromatic N) is 2. The van der Waals surface area contributed by atoms with Gasteiger partial charge in [-0.2, -0.15) is 4.99 Å². The van der Waals surface area contributed by atoms with Crippen molar-refractivity contribution in [3.8, 4) is 0 Å². The molecule has 0 saturated carbocycles. The van der Waals surface area contributed by atoms with Crippen LogP contribution >= 0.6 is 23.1 Å². The first-order valence-corrected chi connectivity index (χ1v) is 12.0. The average Bonchev–Trinajstić information content (AvgIpc) is 3.13. The lowest BCUT2D eigenvalue weighted by molar-refractivity contribution is -0.118. The molecule has 0 aliphatic heterocycles. The van der Waals surface area contributed by atoms with Crippen LogP contribution < -0.4 is 4.80 Å². The number of methoxy groups -OCH3 is 1. The molecule has 31 heavy (non-hydrogen) atoms. The van der Waals surface area contributed by atoms with Gasteiger partial charge in [0.2, 0.25) is 5.91 Å². The molecule has 0 saturated heterocycles. The number of amides is 1. The van der Waals surface area contributed by atoms with Gasteiger partial charge in [0.05, 0.1) is 29.5 Å². The molecule has 6 nitrogen and oxygen atoms in total. The molecule has 3 rings (SSSR count). The minimum absolute atomic E-state index is 0.140. The highest BCUT2D eigenvalue weighted by atomic mass is 32.2. The minimum Gasteiger partial charge on any atom is -0.465 e. The molecule has 0 aliphatic rings. The summed E-state index contributed by atoms with van der Waals surface area (Å²) >= 11 is 3.13. The lowest BCUT2D eigenvalue weighted by Gasteiger charge is -2.06. The summed E-state index contributed by atoms with van der Waals surface area (Å²) in [5.74, 6) is 0.338. The highest BCUT2D eigenvalue weighted by molar-refractivity contribution is 7.99. The number of carbonyl (C=O) groups excluding carboxylic acids is 2. The molecule has 164 valence electrons. The van der Waals surface area contributed by atoms with Gasteiger partial charge >= 0.3 is 5.97 Å². The van der Waals surface area contributed by atoms with E-state index in [1.54, 1.807) is 23.9 Å². The molecule has 0 atom stereocenters. The summed E-state index contributed by atoms with van der Waals surface area (Å²) in [5.41, 5.74) is 1.40. The quantitative estimate of drug-likeness (QED) is 0.254. The molecule has 2 aromatic carbocycles. The van der Waals surface area contributed by atoms with Crippen molar-refractivity contribution in [1.29, 1.82) is 0 Å². The van der Waals surface area contributed by atoms with E-state index in [1.807, 2.05) is 35.8 Å². The number of carbonyl (C=O) groups is 2. The number of ether oxygens (including phenoxy) is 2. The Labute approximate surface area is 189 Å². The van der Waals surface area contributed by atoms with E-state index in [-0.39, 0.29) is 11.9 Å². The summed E-state index contributed by atoms with van der Waals surface area (Å²) in [4.78, 5) is 30.6. The molecule has 0 aliphatic carbocycles. The van der Waals surface area contributed by atoms with E-state index in [9.17, 15) is 9.59 Å². The van der Waals surface area contributed by atoms with Gasteiger partial charge in [0.25, 0.3) is 0 Å². The van der Waals surface area contributed by atoms with Gasteiger partial charge in [-0.3, -0.25) is 4.79 Å². The van der Waals surface area contributed by atoms with Gasteiger partial charge in [-0.15, -0.1) is 11.8 Å². The lowest BCUT2D eigenvalue weighted by atomic mass is 10.2. The highest BCUT2D eigenvalue weighted by Gasteiger charge is 2.12. The van der Waals surface area contributed by atoms with Crippen LogP contribution in [-0.4, -0.2) is 42.5 Å². The second-order valence-corrected chi connectivity index (χ2v) is 8.86. The smallest absolute Gasteiger partial charge is 0.337 e. The van der Waals surface area contributed by atoms with Gasteiger partial charge in [0.1, 0.15) is 0 Å². The SMILES string of the molecule is CCOCCn1c(=NC(=O)CCCSc2ccccc2)sc2cc(C(=O)OC)ccc21. The van der Waals surface area contributed by atoms with Crippen molar-refractivity contribution >= 4 is 45.2 Å². The molecule has 8 heteroatoms. The van der Waals surface area contributed by atoms with Crippen LogP contribution in [0, 0.1) is 0 Å². The molecule has 0 spiro atoms. The third-order valence-corrected chi connectivity index (χ3v) is 6.67. The van der Waals surface area contributed by atoms with Crippen LogP contribution in [0.4, 0.5) is 0 Å². The Morgan fingerprint density at radius 1 is 1.16 bits per heavy atom. The fourth-order valence-electron chi connectivity index (χ4n) is 3.01. The molecule has 1 aromatic heterocycles. The van der Waals surface area contributed by atoms with Crippen LogP contribution in [0.2, 0.25) is 0 Å². The molecule has 0 radical (unpaired) electrons. The Hall–Kier alpha value is -2.42. The number of fused-ring (bicyclic) bond motifs is 1. The van der Waals surface area contributed by atoms with Crippen LogP contribution in [0.1, 0.15) is 30.1 Å². The number of thioether (sulfide) groups is 1. The maximum absolute atomic E-state index is 12.5. The fraction of sp³-hybridized carbons (Fsp3) is 0.348. The minimum atomic E-state index is -0.387. The first-order chi connectivity index (χ1) is 15.1. The summed E-state index contributed by atoms with van der Waals surface area (Å²) in [6.45, 7) is 3.68. The van der Waals surface area contributed by atoms with E-state index in [1.165, 1.54) is 23.3 Å². The number of esters is 1. The Kier molecular flexibility index (Phi) is 8.87. The standard InChI is InChI=1S/C23H26N2O4S2/c1-3-29-14-13-25-19-12-11-17(22(27)28-2)16-20(19)31-23(25)24-21(26)10-7-15-30-18-8-5-4-6-9-18/h4-6,8-9,11-12,16H,3,7,10,13-15H2,1-2H3. The van der Waals surface area contributed by atoms with Gasteiger partial charge < -0.3 is 14.0 Å². The second-order valence-electron chi connectivity index (χ2n) is 6.68. The number of rotatable bonds is 10. The topological polar surface area (TPSA) is 69.9 Å². The Morgan fingerprint density at radius 3 is 2.71 bits per heavy atom. The molecule has 3 aromatic rings. The molecule has 0 bridgehead atoms. The maximum atomic E-state index is 12.5. The van der Waals surface area contributed by atoms with E-state index < -0.39 is 0 Å². The van der Waals surface area contributed by atoms with Crippen LogP contribution in [-0.2, 0) is 20.8 Å². The van der Waals surface area contributed by atoms with Gasteiger partial charge in [-0.25, -0.2) is 4.79 Å². The van der Waals surface area contributed by atoms with Gasteiger partial charge in [-0.05, 0) is 49.4 Å². The van der Waals surface area contributed by atoms with Crippen molar-refractivity contribution < 1.29 is 19.1 Å². The summed E-state index contributed by atoms with van der Waals surface area (Å²) in [6.07, 6.45) is 1.16. The zero-order chi connectivity index (χ0) is 22.1. The highest BCUT2D eigenvalue weighted by Crippen LogP contribution is 2.21. The number of thiazole rings is 1. The average molecular weight is 459 g/mol. The Morgan fingerprint density at radius 2 is 1.97 bits per heavy atom. The number of aromatic nitrogens is 1. The van der Waals surface area contributed by atoms with Crippen LogP contribution in [0.15, 0.2) is 58.4 Å². The van der Waals surface area contributed by atoms with E-state index in [2.05, 4.69) is 17.1 Å². The molecule has 1 heterocycles. The number of benzene rings is 2. The molecular weight excluding hydrogens is 432 g/mol. The first kappa shape index (κ1) is 23.2. The molecule has 0 fully saturated rings. The van der Waals surface area contributed by atoms with Crippen LogP contribution in [0.5, 0.6) is 0 Å². The summed E-state index contributed by atoms with van der Waals surface area (Å²) in [5, 5.41) is 0. The lowest BCUT2D eigenvalue weighted by Crippen LogP contribution is -2.19. The van der Waals surface area contributed by atoms with Gasteiger partial charge in [0, 0.05) is 24.5 Å². The maximum Gasteiger partial charge on any atom is 0.337 e. The fourth-order valence-corrected chi connectivity index (χ4v) is 5.00. The third kappa shape index (κ3) is 6.53. The molecule has 0 unspecified atom stereocenters. The largest absolute Gasteiger partial charge is 0.465 e. The predicted molar refractivity (Wildman–Crippen MR) is 125 cm³/mol. The molecule has 0 N–H and O–H groups in total. The Bertz CT molecular complexity index is 1090. The van der Waals surface area contributed by atoms with Crippen molar-refractivity contribution in [2.75, 3.05) is 26.1 Å². The van der Waals surface area contributed by atoms with E-state index in [0.29, 0.717) is 36.5 Å².